The van der Waals surface area contributed by atoms with Crippen LogP contribution in [0.4, 0.5) is 5.69 Å². The van der Waals surface area contributed by atoms with Crippen molar-refractivity contribution in [3.05, 3.63) is 40.9 Å². The van der Waals surface area contributed by atoms with Crippen LogP contribution in [0.5, 0.6) is 23.0 Å². The molecule has 10 nitrogen and oxygen atoms in total. The number of phenolic OH excluding ortho intramolecular Hbond substituents is 1. The Labute approximate surface area is 189 Å². The van der Waals surface area contributed by atoms with E-state index in [-0.39, 0.29) is 35.2 Å². The molecule has 0 radical (unpaired) electrons. The molecule has 1 atom stereocenters. The van der Waals surface area contributed by atoms with E-state index in [1.807, 2.05) is 0 Å². The molecule has 3 amide bonds. The first-order chi connectivity index (χ1) is 15.3. The average molecular weight is 464 g/mol. The van der Waals surface area contributed by atoms with Crippen molar-refractivity contribution >= 4 is 35.0 Å². The lowest BCUT2D eigenvalue weighted by Gasteiger charge is -2.20. The maximum absolute atomic E-state index is 12.6. The number of hydrogen-bond donors (Lipinski definition) is 3. The van der Waals surface area contributed by atoms with Gasteiger partial charge in [0.1, 0.15) is 5.75 Å². The largest absolute Gasteiger partial charge is 0.507 e. The average Bonchev–Trinajstić information content (AvgIpc) is 3.19. The Morgan fingerprint density at radius 1 is 1.06 bits per heavy atom. The number of phenols is 1. The topological polar surface area (TPSA) is 126 Å². The Kier molecular flexibility index (Phi) is 6.94. The van der Waals surface area contributed by atoms with E-state index in [1.54, 1.807) is 12.1 Å². The monoisotopic (exact) mass is 463 g/mol. The van der Waals surface area contributed by atoms with Gasteiger partial charge in [0.05, 0.1) is 38.5 Å². The molecule has 170 valence electrons. The molecule has 0 saturated carbocycles. The lowest BCUT2D eigenvalue weighted by molar-refractivity contribution is -0.126. The van der Waals surface area contributed by atoms with Crippen molar-refractivity contribution in [2.45, 2.75) is 6.42 Å². The van der Waals surface area contributed by atoms with Gasteiger partial charge in [0.2, 0.25) is 17.6 Å². The van der Waals surface area contributed by atoms with E-state index >= 15 is 0 Å². The molecule has 2 aromatic rings. The Morgan fingerprint density at radius 2 is 1.72 bits per heavy atom. The lowest BCUT2D eigenvalue weighted by Crippen LogP contribution is -2.45. The molecule has 1 heterocycles. The van der Waals surface area contributed by atoms with Crippen LogP contribution >= 0.6 is 11.6 Å². The normalized spacial score (nSPS) is 15.3. The summed E-state index contributed by atoms with van der Waals surface area (Å²) in [4.78, 5) is 38.8. The molecule has 1 fully saturated rings. The fourth-order valence-electron chi connectivity index (χ4n) is 3.33. The highest BCUT2D eigenvalue weighted by Crippen LogP contribution is 2.42. The molecular weight excluding hydrogens is 442 g/mol. The van der Waals surface area contributed by atoms with Gasteiger partial charge in [-0.25, -0.2) is 0 Å². The zero-order valence-electron chi connectivity index (χ0n) is 17.6. The molecule has 32 heavy (non-hydrogen) atoms. The Morgan fingerprint density at radius 3 is 2.31 bits per heavy atom. The van der Waals surface area contributed by atoms with Crippen molar-refractivity contribution in [3.8, 4) is 23.0 Å². The molecule has 3 N–H and O–H groups in total. The number of anilines is 1. The third-order valence-electron chi connectivity index (χ3n) is 4.96. The Bertz CT molecular complexity index is 1030. The molecule has 0 spiro atoms. The number of aromatic hydroxyl groups is 1. The quantitative estimate of drug-likeness (QED) is 0.558. The lowest BCUT2D eigenvalue weighted by atomic mass is 10.1. The van der Waals surface area contributed by atoms with Crippen LogP contribution in [0.15, 0.2) is 30.3 Å². The number of carbonyl (C=O) groups excluding carboxylic acids is 3. The number of carbonyl (C=O) groups is 3. The second-order valence-corrected chi connectivity index (χ2v) is 7.33. The van der Waals surface area contributed by atoms with Gasteiger partial charge in [-0.05, 0) is 18.2 Å². The van der Waals surface area contributed by atoms with Gasteiger partial charge in [-0.15, -0.1) is 0 Å². The predicted octanol–water partition coefficient (Wildman–Crippen LogP) is 1.89. The second-order valence-electron chi connectivity index (χ2n) is 6.89. The fraction of sp³-hybridized carbons (Fsp3) is 0.286. The molecule has 3 rings (SSSR count). The SMILES string of the molecule is COc1cc(N2CC(C(=O)NNC(=O)c3cc(Cl)ccc3O)CC2=O)cc(OC)c1OC. The summed E-state index contributed by atoms with van der Waals surface area (Å²) in [6.45, 7) is 0.0849. The van der Waals surface area contributed by atoms with Crippen LogP contribution in [0.2, 0.25) is 5.02 Å². The first-order valence-electron chi connectivity index (χ1n) is 9.48. The molecule has 0 aromatic heterocycles. The highest BCUT2D eigenvalue weighted by Gasteiger charge is 2.36. The van der Waals surface area contributed by atoms with Crippen molar-refractivity contribution in [3.63, 3.8) is 0 Å². The molecule has 1 aliphatic rings. The van der Waals surface area contributed by atoms with E-state index in [9.17, 15) is 19.5 Å². The second kappa shape index (κ2) is 9.65. The number of benzene rings is 2. The molecule has 2 aromatic carbocycles. The summed E-state index contributed by atoms with van der Waals surface area (Å²) in [7, 11) is 4.39. The smallest absolute Gasteiger partial charge is 0.273 e. The fourth-order valence-corrected chi connectivity index (χ4v) is 3.51. The number of amides is 3. The van der Waals surface area contributed by atoms with Gasteiger partial charge in [0.25, 0.3) is 5.91 Å². The highest BCUT2D eigenvalue weighted by atomic mass is 35.5. The van der Waals surface area contributed by atoms with E-state index in [2.05, 4.69) is 10.9 Å². The van der Waals surface area contributed by atoms with Crippen LogP contribution in [0.3, 0.4) is 0 Å². The van der Waals surface area contributed by atoms with Crippen molar-refractivity contribution in [1.82, 2.24) is 10.9 Å². The third kappa shape index (κ3) is 4.65. The molecule has 0 bridgehead atoms. The number of methoxy groups -OCH3 is 3. The van der Waals surface area contributed by atoms with Gasteiger partial charge in [0.15, 0.2) is 11.5 Å². The van der Waals surface area contributed by atoms with Crippen LogP contribution in [-0.4, -0.2) is 50.7 Å². The van der Waals surface area contributed by atoms with Crippen molar-refractivity contribution in [1.29, 1.82) is 0 Å². The van der Waals surface area contributed by atoms with E-state index < -0.39 is 17.7 Å². The first-order valence-corrected chi connectivity index (χ1v) is 9.85. The van der Waals surface area contributed by atoms with E-state index in [4.69, 9.17) is 25.8 Å². The van der Waals surface area contributed by atoms with Gasteiger partial charge < -0.3 is 24.2 Å². The number of nitrogens with one attached hydrogen (secondary N) is 2. The first kappa shape index (κ1) is 23.0. The molecule has 1 unspecified atom stereocenters. The Hall–Kier alpha value is -3.66. The van der Waals surface area contributed by atoms with E-state index in [0.29, 0.717) is 22.9 Å². The Balaban J connectivity index is 1.69. The summed E-state index contributed by atoms with van der Waals surface area (Å²) < 4.78 is 15.9. The number of rotatable bonds is 6. The van der Waals surface area contributed by atoms with Crippen molar-refractivity contribution < 1.29 is 33.7 Å². The van der Waals surface area contributed by atoms with Gasteiger partial charge in [-0.2, -0.15) is 0 Å². The van der Waals surface area contributed by atoms with E-state index in [0.717, 1.165) is 0 Å². The number of halogens is 1. The van der Waals surface area contributed by atoms with Crippen LogP contribution < -0.4 is 30.0 Å². The number of ether oxygens (including phenoxy) is 3. The van der Waals surface area contributed by atoms with E-state index in [1.165, 1.54) is 44.4 Å². The summed E-state index contributed by atoms with van der Waals surface area (Å²) in [6.07, 6.45) is -0.0548. The summed E-state index contributed by atoms with van der Waals surface area (Å²) in [6, 6.07) is 7.19. The summed E-state index contributed by atoms with van der Waals surface area (Å²) in [5.41, 5.74) is 4.89. The minimum absolute atomic E-state index is 0.0548. The van der Waals surface area contributed by atoms with Gasteiger partial charge in [-0.3, -0.25) is 25.2 Å². The maximum Gasteiger partial charge on any atom is 0.273 e. The number of hydrazine groups is 1. The molecule has 1 saturated heterocycles. The van der Waals surface area contributed by atoms with Crippen LogP contribution in [0, 0.1) is 5.92 Å². The third-order valence-corrected chi connectivity index (χ3v) is 5.19. The minimum Gasteiger partial charge on any atom is -0.507 e. The highest BCUT2D eigenvalue weighted by molar-refractivity contribution is 6.31. The minimum atomic E-state index is -0.746. The van der Waals surface area contributed by atoms with Crippen LogP contribution in [0.25, 0.3) is 0 Å². The van der Waals surface area contributed by atoms with Crippen LogP contribution in [-0.2, 0) is 9.59 Å². The van der Waals surface area contributed by atoms with Crippen molar-refractivity contribution in [2.24, 2.45) is 5.92 Å². The molecule has 11 heteroatoms. The zero-order chi connectivity index (χ0) is 23.4. The molecule has 0 aliphatic carbocycles. The molecule has 1 aliphatic heterocycles. The van der Waals surface area contributed by atoms with Crippen LogP contribution in [0.1, 0.15) is 16.8 Å². The predicted molar refractivity (Wildman–Crippen MR) is 115 cm³/mol. The maximum atomic E-state index is 12.6. The van der Waals surface area contributed by atoms with Crippen molar-refractivity contribution in [2.75, 3.05) is 32.8 Å². The number of nitrogens with zero attached hydrogens (tertiary/aromatic N) is 1. The van der Waals surface area contributed by atoms with Gasteiger partial charge in [0, 0.05) is 30.1 Å². The standard InChI is InChI=1S/C21H22ClN3O7/c1-30-16-8-13(9-17(31-2)19(16)32-3)25-10-11(6-18(25)27)20(28)23-24-21(29)14-7-12(22)4-5-15(14)26/h4-5,7-9,11,26H,6,10H2,1-3H3,(H,23,28)(H,24,29). The number of hydrogen-bond acceptors (Lipinski definition) is 7. The van der Waals surface area contributed by atoms with Gasteiger partial charge >= 0.3 is 0 Å². The van der Waals surface area contributed by atoms with Gasteiger partial charge in [-0.1, -0.05) is 11.6 Å². The zero-order valence-corrected chi connectivity index (χ0v) is 18.4. The summed E-state index contributed by atoms with van der Waals surface area (Å²) >= 11 is 5.83. The summed E-state index contributed by atoms with van der Waals surface area (Å²) in [5, 5.41) is 10.0. The summed E-state index contributed by atoms with van der Waals surface area (Å²) in [5.74, 6) is -1.45. The molecular formula is C21H22ClN3O7.